The lowest BCUT2D eigenvalue weighted by Gasteiger charge is -2.31. The maximum atomic E-state index is 12.3. The van der Waals surface area contributed by atoms with Crippen LogP contribution in [0.15, 0.2) is 54.6 Å². The number of hydrogen-bond acceptors (Lipinski definition) is 4. The number of benzene rings is 2. The van der Waals surface area contributed by atoms with E-state index in [-0.39, 0.29) is 18.6 Å². The molecule has 1 heterocycles. The zero-order valence-electron chi connectivity index (χ0n) is 15.6. The summed E-state index contributed by atoms with van der Waals surface area (Å²) in [4.78, 5) is 14.5. The Kier molecular flexibility index (Phi) is 7.25. The molecular formula is C22H28N2O3. The number of hydrogen-bond donors (Lipinski definition) is 2. The van der Waals surface area contributed by atoms with Crippen molar-refractivity contribution in [3.8, 4) is 5.75 Å². The molecular weight excluding hydrogens is 340 g/mol. The summed E-state index contributed by atoms with van der Waals surface area (Å²) in [6.45, 7) is 3.47. The van der Waals surface area contributed by atoms with Gasteiger partial charge < -0.3 is 20.1 Å². The molecule has 0 spiro atoms. The standard InChI is InChI=1S/C22H28N2O3/c25-17-16-24-14-11-21(12-15-24)27-20-8-6-19(7-9-20)22(26)23-13-10-18-4-2-1-3-5-18/h1-9,21,25H,10-17H2,(H,23,26). The van der Waals surface area contributed by atoms with Gasteiger partial charge in [0.2, 0.25) is 0 Å². The maximum Gasteiger partial charge on any atom is 0.251 e. The molecule has 144 valence electrons. The third-order valence-corrected chi connectivity index (χ3v) is 4.91. The van der Waals surface area contributed by atoms with Gasteiger partial charge in [-0.25, -0.2) is 0 Å². The van der Waals surface area contributed by atoms with Gasteiger partial charge in [0, 0.05) is 31.7 Å². The van der Waals surface area contributed by atoms with Gasteiger partial charge in [-0.1, -0.05) is 30.3 Å². The van der Waals surface area contributed by atoms with E-state index in [4.69, 9.17) is 9.84 Å². The first-order valence-electron chi connectivity index (χ1n) is 9.66. The van der Waals surface area contributed by atoms with E-state index in [9.17, 15) is 4.79 Å². The lowest BCUT2D eigenvalue weighted by atomic mass is 10.1. The van der Waals surface area contributed by atoms with Crippen molar-refractivity contribution in [1.82, 2.24) is 10.2 Å². The zero-order chi connectivity index (χ0) is 18.9. The largest absolute Gasteiger partial charge is 0.490 e. The predicted molar refractivity (Wildman–Crippen MR) is 106 cm³/mol. The Bertz CT molecular complexity index is 695. The van der Waals surface area contributed by atoms with Gasteiger partial charge in [-0.3, -0.25) is 4.79 Å². The molecule has 2 aromatic carbocycles. The highest BCUT2D eigenvalue weighted by atomic mass is 16.5. The average Bonchev–Trinajstić information content (AvgIpc) is 2.71. The van der Waals surface area contributed by atoms with E-state index < -0.39 is 0 Å². The molecule has 1 amide bonds. The second-order valence-corrected chi connectivity index (χ2v) is 6.90. The van der Waals surface area contributed by atoms with E-state index in [0.717, 1.165) is 44.6 Å². The summed E-state index contributed by atoms with van der Waals surface area (Å²) in [5, 5.41) is 12.0. The van der Waals surface area contributed by atoms with Crippen LogP contribution < -0.4 is 10.1 Å². The molecule has 0 bridgehead atoms. The van der Waals surface area contributed by atoms with Crippen LogP contribution in [0.25, 0.3) is 0 Å². The summed E-state index contributed by atoms with van der Waals surface area (Å²) in [5.74, 6) is 0.742. The van der Waals surface area contributed by atoms with E-state index in [1.165, 1.54) is 5.56 Å². The van der Waals surface area contributed by atoms with Gasteiger partial charge in [-0.15, -0.1) is 0 Å². The number of carbonyl (C=O) groups is 1. The van der Waals surface area contributed by atoms with Gasteiger partial charge >= 0.3 is 0 Å². The highest BCUT2D eigenvalue weighted by molar-refractivity contribution is 5.94. The number of aliphatic hydroxyl groups excluding tert-OH is 1. The third kappa shape index (κ3) is 6.08. The van der Waals surface area contributed by atoms with Gasteiger partial charge in [-0.05, 0) is 49.1 Å². The van der Waals surface area contributed by atoms with Crippen LogP contribution in [0.5, 0.6) is 5.75 Å². The second kappa shape index (κ2) is 10.1. The molecule has 5 heteroatoms. The minimum Gasteiger partial charge on any atom is -0.490 e. The van der Waals surface area contributed by atoms with E-state index in [2.05, 4.69) is 22.3 Å². The highest BCUT2D eigenvalue weighted by Crippen LogP contribution is 2.19. The minimum atomic E-state index is -0.0604. The SMILES string of the molecule is O=C(NCCc1ccccc1)c1ccc(OC2CCN(CCO)CC2)cc1. The highest BCUT2D eigenvalue weighted by Gasteiger charge is 2.20. The van der Waals surface area contributed by atoms with Gasteiger partial charge in [0.15, 0.2) is 0 Å². The molecule has 3 rings (SSSR count). The number of aliphatic hydroxyl groups is 1. The van der Waals surface area contributed by atoms with Crippen LogP contribution in [0.3, 0.4) is 0 Å². The van der Waals surface area contributed by atoms with E-state index in [1.54, 1.807) is 0 Å². The summed E-state index contributed by atoms with van der Waals surface area (Å²) < 4.78 is 6.03. The Morgan fingerprint density at radius 1 is 1.07 bits per heavy atom. The van der Waals surface area contributed by atoms with E-state index >= 15 is 0 Å². The summed E-state index contributed by atoms with van der Waals surface area (Å²) in [6, 6.07) is 17.5. The van der Waals surface area contributed by atoms with Crippen LogP contribution in [0, 0.1) is 0 Å². The van der Waals surface area contributed by atoms with E-state index in [1.807, 2.05) is 42.5 Å². The molecule has 1 aliphatic rings. The normalized spacial score (nSPS) is 15.4. The van der Waals surface area contributed by atoms with Crippen molar-refractivity contribution >= 4 is 5.91 Å². The van der Waals surface area contributed by atoms with Crippen molar-refractivity contribution in [2.24, 2.45) is 0 Å². The van der Waals surface area contributed by atoms with E-state index in [0.29, 0.717) is 12.1 Å². The molecule has 0 unspecified atom stereocenters. The number of rotatable bonds is 8. The van der Waals surface area contributed by atoms with Crippen LogP contribution in [-0.4, -0.2) is 54.8 Å². The van der Waals surface area contributed by atoms with Gasteiger partial charge in [0.25, 0.3) is 5.91 Å². The van der Waals surface area contributed by atoms with Crippen molar-refractivity contribution in [2.45, 2.75) is 25.4 Å². The lowest BCUT2D eigenvalue weighted by molar-refractivity contribution is 0.0888. The van der Waals surface area contributed by atoms with Crippen LogP contribution in [0.2, 0.25) is 0 Å². The maximum absolute atomic E-state index is 12.3. The van der Waals surface area contributed by atoms with Gasteiger partial charge in [0.05, 0.1) is 6.61 Å². The van der Waals surface area contributed by atoms with Crippen LogP contribution in [0.4, 0.5) is 0 Å². The lowest BCUT2D eigenvalue weighted by Crippen LogP contribution is -2.39. The van der Waals surface area contributed by atoms with Gasteiger partial charge in [-0.2, -0.15) is 0 Å². The van der Waals surface area contributed by atoms with Crippen molar-refractivity contribution in [1.29, 1.82) is 0 Å². The monoisotopic (exact) mass is 368 g/mol. The molecule has 1 fully saturated rings. The van der Waals surface area contributed by atoms with Gasteiger partial charge in [0.1, 0.15) is 11.9 Å². The fourth-order valence-electron chi connectivity index (χ4n) is 3.34. The molecule has 0 saturated carbocycles. The molecule has 0 aromatic heterocycles. The summed E-state index contributed by atoms with van der Waals surface area (Å²) in [5.41, 5.74) is 1.86. The number of likely N-dealkylation sites (tertiary alicyclic amines) is 1. The fourth-order valence-corrected chi connectivity index (χ4v) is 3.34. The molecule has 2 aromatic rings. The number of nitrogens with one attached hydrogen (secondary N) is 1. The molecule has 0 aliphatic carbocycles. The average molecular weight is 368 g/mol. The number of nitrogens with zero attached hydrogens (tertiary/aromatic N) is 1. The van der Waals surface area contributed by atoms with Crippen LogP contribution in [0.1, 0.15) is 28.8 Å². The quantitative estimate of drug-likeness (QED) is 0.752. The Balaban J connectivity index is 1.42. The summed E-state index contributed by atoms with van der Waals surface area (Å²) in [7, 11) is 0. The molecule has 5 nitrogen and oxygen atoms in total. The van der Waals surface area contributed by atoms with Crippen molar-refractivity contribution in [3.63, 3.8) is 0 Å². The second-order valence-electron chi connectivity index (χ2n) is 6.90. The number of amides is 1. The first-order chi connectivity index (χ1) is 13.2. The number of piperidine rings is 1. The summed E-state index contributed by atoms with van der Waals surface area (Å²) in [6.07, 6.45) is 2.94. The fraction of sp³-hybridized carbons (Fsp3) is 0.409. The summed E-state index contributed by atoms with van der Waals surface area (Å²) >= 11 is 0. The minimum absolute atomic E-state index is 0.0604. The smallest absolute Gasteiger partial charge is 0.251 e. The van der Waals surface area contributed by atoms with Crippen molar-refractivity contribution < 1.29 is 14.6 Å². The Labute approximate surface area is 161 Å². The third-order valence-electron chi connectivity index (χ3n) is 4.91. The number of ether oxygens (including phenoxy) is 1. The van der Waals surface area contributed by atoms with Crippen LogP contribution >= 0.6 is 0 Å². The Morgan fingerprint density at radius 2 is 1.78 bits per heavy atom. The van der Waals surface area contributed by atoms with Crippen LogP contribution in [-0.2, 0) is 6.42 Å². The molecule has 27 heavy (non-hydrogen) atoms. The number of carbonyl (C=O) groups excluding carboxylic acids is 1. The van der Waals surface area contributed by atoms with Crippen molar-refractivity contribution in [3.05, 3.63) is 65.7 Å². The topological polar surface area (TPSA) is 61.8 Å². The molecule has 2 N–H and O–H groups in total. The molecule has 1 aliphatic heterocycles. The first kappa shape index (κ1) is 19.4. The predicted octanol–water partition coefficient (Wildman–Crippen LogP) is 2.49. The Hall–Kier alpha value is -2.37. The first-order valence-corrected chi connectivity index (χ1v) is 9.66. The Morgan fingerprint density at radius 3 is 2.44 bits per heavy atom. The number of β-amino-alcohol motifs (C(OH)–C–C–N with tert-alkyl or cyclic N) is 1. The zero-order valence-corrected chi connectivity index (χ0v) is 15.6. The van der Waals surface area contributed by atoms with Crippen molar-refractivity contribution in [2.75, 3.05) is 32.8 Å². The molecule has 0 atom stereocenters. The molecule has 1 saturated heterocycles. The molecule has 0 radical (unpaired) electrons.